The number of carbonyl (C=O) groups is 1. The quantitative estimate of drug-likeness (QED) is 0.158. The van der Waals surface area contributed by atoms with E-state index >= 15 is 0 Å². The number of allylic oxidation sites excluding steroid dienone is 3. The number of nitrogens with zero attached hydrogens (tertiary/aromatic N) is 4. The Hall–Kier alpha value is -4.98. The van der Waals surface area contributed by atoms with E-state index in [2.05, 4.69) is 20.0 Å². The molecule has 0 bridgehead atoms. The number of fused-ring (bicyclic) bond motifs is 2. The van der Waals surface area contributed by atoms with Crippen LogP contribution in [0.2, 0.25) is 0 Å². The molecule has 0 fully saturated rings. The molecule has 2 aliphatic heterocycles. The predicted octanol–water partition coefficient (Wildman–Crippen LogP) is 4.37. The molecule has 0 spiro atoms. The van der Waals surface area contributed by atoms with Gasteiger partial charge < -0.3 is 32.8 Å². The summed E-state index contributed by atoms with van der Waals surface area (Å²) in [4.78, 5) is 43.1. The maximum atomic E-state index is 12.7. The number of benzene rings is 1. The number of pyridine rings is 1. The smallest absolute Gasteiger partial charge is 0.347 e. The number of cyclic esters (lactones) is 1. The lowest BCUT2D eigenvalue weighted by Crippen LogP contribution is -2.37. The maximum Gasteiger partial charge on any atom is 0.347 e. The van der Waals surface area contributed by atoms with E-state index in [0.717, 1.165) is 11.1 Å². The normalized spacial score (nSPS) is 18.6. The number of aromatic nitrogens is 2. The van der Waals surface area contributed by atoms with Gasteiger partial charge >= 0.3 is 11.6 Å². The van der Waals surface area contributed by atoms with Crippen LogP contribution in [0.3, 0.4) is 0 Å². The number of carbonyl (C=O) groups excluding carboxylic acids is 1. The highest BCUT2D eigenvalue weighted by Crippen LogP contribution is 2.31. The van der Waals surface area contributed by atoms with Gasteiger partial charge in [0, 0.05) is 12.4 Å². The largest absolute Gasteiger partial charge is 0.475 e. The van der Waals surface area contributed by atoms with Crippen molar-refractivity contribution in [1.29, 1.82) is 0 Å². The molecule has 1 aliphatic carbocycles. The van der Waals surface area contributed by atoms with E-state index < -0.39 is 11.5 Å². The first-order chi connectivity index (χ1) is 24.0. The van der Waals surface area contributed by atoms with Crippen LogP contribution in [-0.4, -0.2) is 86.9 Å². The van der Waals surface area contributed by atoms with Gasteiger partial charge in [-0.2, -0.15) is 0 Å². The molecule has 2 atom stereocenters. The van der Waals surface area contributed by atoms with Gasteiger partial charge in [-0.15, -0.1) is 0 Å². The van der Waals surface area contributed by atoms with Crippen molar-refractivity contribution in [2.45, 2.75) is 32.7 Å². The first-order valence-corrected chi connectivity index (χ1v) is 16.2. The molecular weight excluding hydrogens is 632 g/mol. The fourth-order valence-electron chi connectivity index (χ4n) is 5.57. The lowest BCUT2D eigenvalue weighted by atomic mass is 9.88. The summed E-state index contributed by atoms with van der Waals surface area (Å²) in [6.45, 7) is 6.44. The predicted molar refractivity (Wildman–Crippen MR) is 181 cm³/mol. The van der Waals surface area contributed by atoms with Crippen LogP contribution in [0.25, 0.3) is 16.5 Å². The van der Waals surface area contributed by atoms with Gasteiger partial charge in [-0.1, -0.05) is 35.9 Å². The third-order valence-electron chi connectivity index (χ3n) is 8.01. The SMILES string of the molecule is CC1=CC=CC2N=C(c3cccnc3OCCOCCOCCOCCOC3=C(c4nc5cccc(C)c5c(=O)o4)CCC=N3)OC(=O)C12. The summed E-state index contributed by atoms with van der Waals surface area (Å²) in [5.41, 5.74) is 3.06. The molecule has 0 saturated carbocycles. The van der Waals surface area contributed by atoms with Crippen molar-refractivity contribution in [1.82, 2.24) is 9.97 Å². The number of aliphatic imine (C=N–C) groups is 2. The van der Waals surface area contributed by atoms with E-state index in [1.807, 2.05) is 44.2 Å². The molecular formula is C36H38N4O9. The van der Waals surface area contributed by atoms with Gasteiger partial charge in [0.2, 0.25) is 23.6 Å². The van der Waals surface area contributed by atoms with E-state index in [4.69, 9.17) is 32.8 Å². The van der Waals surface area contributed by atoms with Crippen molar-refractivity contribution in [3.63, 3.8) is 0 Å². The van der Waals surface area contributed by atoms with E-state index in [1.165, 1.54) is 0 Å². The number of esters is 1. The number of ether oxygens (including phenoxy) is 6. The Balaban J connectivity index is 0.855. The van der Waals surface area contributed by atoms with Gasteiger partial charge in [-0.05, 0) is 50.5 Å². The highest BCUT2D eigenvalue weighted by molar-refractivity contribution is 6.05. The zero-order valence-electron chi connectivity index (χ0n) is 27.5. The second-order valence-corrected chi connectivity index (χ2v) is 11.4. The first kappa shape index (κ1) is 33.9. The fraction of sp³-hybridized carbons (Fsp3) is 0.389. The molecule has 13 nitrogen and oxygen atoms in total. The zero-order chi connectivity index (χ0) is 34.0. The third kappa shape index (κ3) is 8.37. The Kier molecular flexibility index (Phi) is 11.4. The molecule has 0 radical (unpaired) electrons. The van der Waals surface area contributed by atoms with Crippen LogP contribution in [0, 0.1) is 12.8 Å². The maximum absolute atomic E-state index is 12.7. The molecule has 13 heteroatoms. The van der Waals surface area contributed by atoms with Gasteiger partial charge in [0.05, 0.1) is 67.7 Å². The summed E-state index contributed by atoms with van der Waals surface area (Å²) in [6.07, 6.45) is 10.4. The Bertz CT molecular complexity index is 1880. The van der Waals surface area contributed by atoms with Gasteiger partial charge in [0.1, 0.15) is 19.1 Å². The first-order valence-electron chi connectivity index (χ1n) is 16.2. The third-order valence-corrected chi connectivity index (χ3v) is 8.01. The van der Waals surface area contributed by atoms with Crippen molar-refractivity contribution >= 4 is 34.6 Å². The highest BCUT2D eigenvalue weighted by atomic mass is 16.6. The minimum Gasteiger partial charge on any atom is -0.475 e. The Morgan fingerprint density at radius 1 is 0.898 bits per heavy atom. The van der Waals surface area contributed by atoms with Gasteiger partial charge in [0.15, 0.2) is 0 Å². The number of hydrogen-bond acceptors (Lipinski definition) is 13. The van der Waals surface area contributed by atoms with Crippen molar-refractivity contribution in [2.24, 2.45) is 15.9 Å². The molecule has 3 aliphatic rings. The summed E-state index contributed by atoms with van der Waals surface area (Å²) in [5, 5.41) is 0.477. The van der Waals surface area contributed by atoms with Crippen LogP contribution in [-0.2, 0) is 28.5 Å². The average molecular weight is 671 g/mol. The van der Waals surface area contributed by atoms with Gasteiger partial charge in [-0.25, -0.2) is 24.7 Å². The molecule has 2 aromatic heterocycles. The lowest BCUT2D eigenvalue weighted by molar-refractivity contribution is -0.140. The van der Waals surface area contributed by atoms with Crippen LogP contribution in [0.4, 0.5) is 0 Å². The molecule has 0 saturated heterocycles. The topological polar surface area (TPSA) is 153 Å². The molecule has 1 aromatic carbocycles. The standard InChI is InChI=1S/C36H38N4O9/c1-23-7-3-11-27-29(23)35(41)48-33(39-27)25-9-5-13-37-31(25)46-21-19-44-17-15-43-16-18-45-20-22-47-32-26(10-6-14-38-32)34-40-28-12-4-8-24(2)30(28)36(42)49-34/h3-5,7-9,11-14,27,29H,6,10,15-22H2,1-2H3. The lowest BCUT2D eigenvalue weighted by Gasteiger charge is -2.28. The van der Waals surface area contributed by atoms with Crippen LogP contribution >= 0.6 is 0 Å². The summed E-state index contributed by atoms with van der Waals surface area (Å²) < 4.78 is 39.6. The summed E-state index contributed by atoms with van der Waals surface area (Å²) >= 11 is 0. The Labute approximate surface area is 283 Å². The van der Waals surface area contributed by atoms with Crippen LogP contribution < -0.4 is 10.4 Å². The highest BCUT2D eigenvalue weighted by Gasteiger charge is 2.37. The second kappa shape index (κ2) is 16.4. The minimum absolute atomic E-state index is 0.198. The van der Waals surface area contributed by atoms with Crippen LogP contribution in [0.1, 0.15) is 36.8 Å². The molecule has 0 N–H and O–H groups in total. The molecule has 2 unspecified atom stereocenters. The van der Waals surface area contributed by atoms with E-state index in [1.54, 1.807) is 30.6 Å². The van der Waals surface area contributed by atoms with Gasteiger partial charge in [0.25, 0.3) is 0 Å². The van der Waals surface area contributed by atoms with Crippen molar-refractivity contribution in [2.75, 3.05) is 52.9 Å². The molecule has 3 aromatic rings. The van der Waals surface area contributed by atoms with E-state index in [0.29, 0.717) is 86.3 Å². The number of hydrogen-bond donors (Lipinski definition) is 0. The molecule has 4 heterocycles. The summed E-state index contributed by atoms with van der Waals surface area (Å²) in [7, 11) is 0. The van der Waals surface area contributed by atoms with Crippen molar-refractivity contribution in [3.8, 4) is 5.88 Å². The Morgan fingerprint density at radius 3 is 2.45 bits per heavy atom. The van der Waals surface area contributed by atoms with E-state index in [9.17, 15) is 9.59 Å². The fourth-order valence-corrected chi connectivity index (χ4v) is 5.57. The number of aryl methyl sites for hydroxylation is 1. The van der Waals surface area contributed by atoms with Crippen molar-refractivity contribution in [3.05, 3.63) is 93.7 Å². The monoisotopic (exact) mass is 670 g/mol. The van der Waals surface area contributed by atoms with Crippen LogP contribution in [0.15, 0.2) is 85.4 Å². The summed E-state index contributed by atoms with van der Waals surface area (Å²) in [5.74, 6) is 0.372. The van der Waals surface area contributed by atoms with Crippen LogP contribution in [0.5, 0.6) is 5.88 Å². The molecule has 6 rings (SSSR count). The minimum atomic E-state index is -0.427. The summed E-state index contributed by atoms with van der Waals surface area (Å²) in [6, 6.07) is 8.70. The number of rotatable bonds is 16. The average Bonchev–Trinajstić information content (AvgIpc) is 3.10. The zero-order valence-corrected chi connectivity index (χ0v) is 27.5. The Morgan fingerprint density at radius 2 is 1.65 bits per heavy atom. The second-order valence-electron chi connectivity index (χ2n) is 11.4. The van der Waals surface area contributed by atoms with Crippen molar-refractivity contribution < 1.29 is 37.6 Å². The van der Waals surface area contributed by atoms with E-state index in [-0.39, 0.29) is 37.0 Å². The molecule has 49 heavy (non-hydrogen) atoms. The van der Waals surface area contributed by atoms with Gasteiger partial charge in [-0.3, -0.25) is 4.79 Å². The molecule has 256 valence electrons. The molecule has 0 amide bonds.